The molecule has 22 heavy (non-hydrogen) atoms. The Morgan fingerprint density at radius 2 is 2.00 bits per heavy atom. The smallest absolute Gasteiger partial charge is 0.336 e. The molecule has 0 aliphatic carbocycles. The van der Waals surface area contributed by atoms with Crippen LogP contribution in [0.5, 0.6) is 0 Å². The van der Waals surface area contributed by atoms with Gasteiger partial charge in [-0.05, 0) is 46.7 Å². The summed E-state index contributed by atoms with van der Waals surface area (Å²) in [7, 11) is 0. The van der Waals surface area contributed by atoms with Crippen LogP contribution in [0, 0.1) is 6.92 Å². The molecule has 0 aliphatic rings. The molecule has 0 amide bonds. The van der Waals surface area contributed by atoms with E-state index in [1.807, 2.05) is 24.3 Å². The van der Waals surface area contributed by atoms with Gasteiger partial charge in [-0.1, -0.05) is 29.8 Å². The summed E-state index contributed by atoms with van der Waals surface area (Å²) in [6.07, 6.45) is 1.41. The molecule has 1 N–H and O–H groups in total. The summed E-state index contributed by atoms with van der Waals surface area (Å²) in [5.74, 6) is -1.01. The number of halogens is 1. The van der Waals surface area contributed by atoms with E-state index < -0.39 is 5.97 Å². The molecule has 7 heteroatoms. The van der Waals surface area contributed by atoms with Crippen LogP contribution in [0.25, 0.3) is 16.8 Å². The number of aromatic nitrogens is 4. The highest BCUT2D eigenvalue weighted by Crippen LogP contribution is 2.33. The average molecular weight is 315 g/mol. The Kier molecular flexibility index (Phi) is 3.60. The van der Waals surface area contributed by atoms with E-state index in [1.54, 1.807) is 13.0 Å². The van der Waals surface area contributed by atoms with Gasteiger partial charge in [0.15, 0.2) is 0 Å². The van der Waals surface area contributed by atoms with Gasteiger partial charge in [-0.2, -0.15) is 0 Å². The molecule has 0 unspecified atom stereocenters. The van der Waals surface area contributed by atoms with Crippen molar-refractivity contribution in [2.24, 2.45) is 0 Å². The molecule has 2 aromatic carbocycles. The van der Waals surface area contributed by atoms with E-state index in [0.717, 1.165) is 11.1 Å². The van der Waals surface area contributed by atoms with Gasteiger partial charge in [0.05, 0.1) is 11.3 Å². The van der Waals surface area contributed by atoms with Gasteiger partial charge in [0.2, 0.25) is 0 Å². The van der Waals surface area contributed by atoms with Crippen molar-refractivity contribution in [1.82, 2.24) is 20.2 Å². The highest BCUT2D eigenvalue weighted by molar-refractivity contribution is 6.33. The minimum atomic E-state index is -1.01. The lowest BCUT2D eigenvalue weighted by Crippen LogP contribution is -2.05. The summed E-state index contributed by atoms with van der Waals surface area (Å²) in [5.41, 5.74) is 2.87. The third-order valence-electron chi connectivity index (χ3n) is 3.40. The molecule has 0 fully saturated rings. The highest BCUT2D eigenvalue weighted by Gasteiger charge is 2.16. The van der Waals surface area contributed by atoms with E-state index in [2.05, 4.69) is 15.5 Å². The normalized spacial score (nSPS) is 10.6. The van der Waals surface area contributed by atoms with Crippen molar-refractivity contribution in [2.45, 2.75) is 6.92 Å². The van der Waals surface area contributed by atoms with Crippen LogP contribution in [0.15, 0.2) is 42.7 Å². The predicted octanol–water partition coefficient (Wildman–Crippen LogP) is 2.99. The van der Waals surface area contributed by atoms with Crippen LogP contribution in [0.2, 0.25) is 5.02 Å². The Morgan fingerprint density at radius 1 is 1.23 bits per heavy atom. The molecular weight excluding hydrogens is 304 g/mol. The average Bonchev–Trinajstić information content (AvgIpc) is 3.02. The summed E-state index contributed by atoms with van der Waals surface area (Å²) < 4.78 is 1.41. The van der Waals surface area contributed by atoms with Crippen molar-refractivity contribution in [3.63, 3.8) is 0 Å². The van der Waals surface area contributed by atoms with Crippen LogP contribution in [-0.4, -0.2) is 31.3 Å². The summed E-state index contributed by atoms with van der Waals surface area (Å²) >= 11 is 6.25. The summed E-state index contributed by atoms with van der Waals surface area (Å²) in [5, 5.41) is 20.9. The van der Waals surface area contributed by atoms with E-state index in [-0.39, 0.29) is 5.56 Å². The SMILES string of the molecule is Cc1c(C(=O)O)cc(-n2cnnn2)cc1-c1ccccc1Cl. The Morgan fingerprint density at radius 3 is 2.64 bits per heavy atom. The van der Waals surface area contributed by atoms with Gasteiger partial charge in [-0.3, -0.25) is 0 Å². The quantitative estimate of drug-likeness (QED) is 0.803. The standard InChI is InChI=1S/C15H11ClN4O2/c1-9-12(11-4-2-3-5-14(11)16)6-10(7-13(9)15(21)22)20-8-17-18-19-20/h2-8H,1H3,(H,21,22). The second-order valence-electron chi connectivity index (χ2n) is 4.71. The zero-order chi connectivity index (χ0) is 15.7. The lowest BCUT2D eigenvalue weighted by Gasteiger charge is -2.13. The molecule has 0 atom stereocenters. The first-order valence-corrected chi connectivity index (χ1v) is 6.82. The van der Waals surface area contributed by atoms with Gasteiger partial charge < -0.3 is 5.11 Å². The number of aromatic carboxylic acids is 1. The highest BCUT2D eigenvalue weighted by atomic mass is 35.5. The van der Waals surface area contributed by atoms with Crippen molar-refractivity contribution in [3.05, 3.63) is 58.9 Å². The molecular formula is C15H11ClN4O2. The second kappa shape index (κ2) is 5.57. The molecule has 0 bridgehead atoms. The number of benzene rings is 2. The van der Waals surface area contributed by atoms with Crippen molar-refractivity contribution in [1.29, 1.82) is 0 Å². The number of carbonyl (C=O) groups is 1. The molecule has 0 spiro atoms. The molecule has 1 aromatic heterocycles. The van der Waals surface area contributed by atoms with Gasteiger partial charge in [-0.25, -0.2) is 9.48 Å². The predicted molar refractivity (Wildman–Crippen MR) is 81.3 cm³/mol. The van der Waals surface area contributed by atoms with E-state index >= 15 is 0 Å². The van der Waals surface area contributed by atoms with Gasteiger partial charge in [0, 0.05) is 10.6 Å². The van der Waals surface area contributed by atoms with Crippen molar-refractivity contribution in [2.75, 3.05) is 0 Å². The summed E-state index contributed by atoms with van der Waals surface area (Å²) in [6, 6.07) is 10.6. The first kappa shape index (κ1) is 14.2. The van der Waals surface area contributed by atoms with Gasteiger partial charge in [-0.15, -0.1) is 5.10 Å². The third kappa shape index (κ3) is 2.44. The van der Waals surface area contributed by atoms with E-state index in [0.29, 0.717) is 16.3 Å². The van der Waals surface area contributed by atoms with Crippen molar-refractivity contribution in [3.8, 4) is 16.8 Å². The van der Waals surface area contributed by atoms with Crippen molar-refractivity contribution < 1.29 is 9.90 Å². The van der Waals surface area contributed by atoms with Crippen LogP contribution < -0.4 is 0 Å². The number of hydrogen-bond donors (Lipinski definition) is 1. The van der Waals surface area contributed by atoms with Crippen LogP contribution in [0.3, 0.4) is 0 Å². The molecule has 1 heterocycles. The maximum absolute atomic E-state index is 11.5. The zero-order valence-corrected chi connectivity index (χ0v) is 12.3. The molecule has 3 rings (SSSR count). The lowest BCUT2D eigenvalue weighted by atomic mass is 9.95. The van der Waals surface area contributed by atoms with Gasteiger partial charge in [0.25, 0.3) is 0 Å². The minimum absolute atomic E-state index is 0.183. The number of hydrogen-bond acceptors (Lipinski definition) is 4. The third-order valence-corrected chi connectivity index (χ3v) is 3.73. The number of carboxylic acids is 1. The molecule has 0 aliphatic heterocycles. The number of nitrogens with zero attached hydrogens (tertiary/aromatic N) is 4. The minimum Gasteiger partial charge on any atom is -0.478 e. The van der Waals surface area contributed by atoms with Crippen LogP contribution in [0.4, 0.5) is 0 Å². The Hall–Kier alpha value is -2.73. The molecule has 0 radical (unpaired) electrons. The fourth-order valence-electron chi connectivity index (χ4n) is 2.29. The molecule has 0 saturated carbocycles. The molecule has 0 saturated heterocycles. The second-order valence-corrected chi connectivity index (χ2v) is 5.11. The fourth-order valence-corrected chi connectivity index (χ4v) is 2.53. The maximum Gasteiger partial charge on any atom is 0.336 e. The van der Waals surface area contributed by atoms with E-state index in [4.69, 9.17) is 11.6 Å². The maximum atomic E-state index is 11.5. The Labute approximate surface area is 131 Å². The van der Waals surface area contributed by atoms with E-state index in [9.17, 15) is 9.90 Å². The fraction of sp³-hybridized carbons (Fsp3) is 0.0667. The first-order valence-electron chi connectivity index (χ1n) is 6.44. The van der Waals surface area contributed by atoms with Gasteiger partial charge >= 0.3 is 5.97 Å². The van der Waals surface area contributed by atoms with Crippen LogP contribution in [-0.2, 0) is 0 Å². The van der Waals surface area contributed by atoms with Crippen LogP contribution >= 0.6 is 11.6 Å². The zero-order valence-electron chi connectivity index (χ0n) is 11.6. The molecule has 3 aromatic rings. The Balaban J connectivity index is 2.30. The van der Waals surface area contributed by atoms with Gasteiger partial charge in [0.1, 0.15) is 6.33 Å². The monoisotopic (exact) mass is 314 g/mol. The largest absolute Gasteiger partial charge is 0.478 e. The van der Waals surface area contributed by atoms with E-state index in [1.165, 1.54) is 17.1 Å². The number of tetrazole rings is 1. The number of rotatable bonds is 3. The summed E-state index contributed by atoms with van der Waals surface area (Å²) in [6.45, 7) is 1.76. The van der Waals surface area contributed by atoms with Crippen LogP contribution in [0.1, 0.15) is 15.9 Å². The lowest BCUT2D eigenvalue weighted by molar-refractivity contribution is 0.0696. The molecule has 110 valence electrons. The first-order chi connectivity index (χ1) is 10.6. The molecule has 6 nitrogen and oxygen atoms in total. The summed E-state index contributed by atoms with van der Waals surface area (Å²) in [4.78, 5) is 11.5. The number of carboxylic acid groups (broad SMARTS) is 1. The topological polar surface area (TPSA) is 80.9 Å². The Bertz CT molecular complexity index is 847. The van der Waals surface area contributed by atoms with Crippen molar-refractivity contribution >= 4 is 17.6 Å².